The van der Waals surface area contributed by atoms with E-state index in [2.05, 4.69) is 4.98 Å². The van der Waals surface area contributed by atoms with Gasteiger partial charge in [0.05, 0.1) is 11.6 Å². The summed E-state index contributed by atoms with van der Waals surface area (Å²) in [6.07, 6.45) is -2.78. The highest BCUT2D eigenvalue weighted by molar-refractivity contribution is 8.13. The van der Waals surface area contributed by atoms with Gasteiger partial charge in [-0.25, -0.2) is 22.2 Å². The summed E-state index contributed by atoms with van der Waals surface area (Å²) in [5.41, 5.74) is -0.709. The van der Waals surface area contributed by atoms with Gasteiger partial charge in [0, 0.05) is 10.7 Å². The third-order valence-electron chi connectivity index (χ3n) is 1.57. The standard InChI is InChI=1S/C7H5Cl2F2NO2S/c8-3-5-6(15(9,13)14)2-1-4(12-5)7(10)11/h1-2,7H,3H2. The van der Waals surface area contributed by atoms with Crippen LogP contribution in [-0.4, -0.2) is 13.4 Å². The molecule has 1 aromatic rings. The molecule has 0 spiro atoms. The Bertz CT molecular complexity index is 464. The summed E-state index contributed by atoms with van der Waals surface area (Å²) in [5, 5.41) is 0. The van der Waals surface area contributed by atoms with Gasteiger partial charge in [-0.15, -0.1) is 11.6 Å². The molecule has 84 valence electrons. The van der Waals surface area contributed by atoms with Crippen molar-refractivity contribution in [3.63, 3.8) is 0 Å². The van der Waals surface area contributed by atoms with Crippen molar-refractivity contribution >= 4 is 31.3 Å². The first-order chi connectivity index (χ1) is 6.86. The molecule has 0 saturated heterocycles. The Labute approximate surface area is 94.4 Å². The molecule has 8 heteroatoms. The normalized spacial score (nSPS) is 12.1. The van der Waals surface area contributed by atoms with Crippen molar-refractivity contribution in [3.8, 4) is 0 Å². The molecule has 0 aromatic carbocycles. The molecule has 1 aromatic heterocycles. The monoisotopic (exact) mass is 275 g/mol. The smallest absolute Gasteiger partial charge is 0.249 e. The van der Waals surface area contributed by atoms with Crippen LogP contribution in [0, 0.1) is 0 Å². The molecule has 0 aliphatic rings. The Morgan fingerprint density at radius 1 is 1.40 bits per heavy atom. The lowest BCUT2D eigenvalue weighted by atomic mass is 10.3. The van der Waals surface area contributed by atoms with Crippen LogP contribution in [0.25, 0.3) is 0 Å². The number of pyridine rings is 1. The first kappa shape index (κ1) is 12.6. The quantitative estimate of drug-likeness (QED) is 0.630. The van der Waals surface area contributed by atoms with Crippen molar-refractivity contribution in [2.24, 2.45) is 0 Å². The highest BCUT2D eigenvalue weighted by Crippen LogP contribution is 2.24. The average Bonchev–Trinajstić information content (AvgIpc) is 2.15. The predicted molar refractivity (Wildman–Crippen MR) is 51.8 cm³/mol. The van der Waals surface area contributed by atoms with Gasteiger partial charge in [0.1, 0.15) is 10.6 Å². The molecule has 0 aliphatic carbocycles. The van der Waals surface area contributed by atoms with Crippen LogP contribution >= 0.6 is 22.3 Å². The van der Waals surface area contributed by atoms with Crippen molar-refractivity contribution in [1.29, 1.82) is 0 Å². The Morgan fingerprint density at radius 2 is 2.00 bits per heavy atom. The molecule has 1 heterocycles. The molecule has 0 amide bonds. The summed E-state index contributed by atoms with van der Waals surface area (Å²) in [5.74, 6) is -0.304. The maximum Gasteiger partial charge on any atom is 0.280 e. The van der Waals surface area contributed by atoms with E-state index in [1.165, 1.54) is 0 Å². The Kier molecular flexibility index (Phi) is 3.86. The lowest BCUT2D eigenvalue weighted by Gasteiger charge is -2.05. The summed E-state index contributed by atoms with van der Waals surface area (Å²) in [4.78, 5) is 3.07. The summed E-state index contributed by atoms with van der Waals surface area (Å²) in [6, 6.07) is 1.87. The third-order valence-corrected chi connectivity index (χ3v) is 3.22. The van der Waals surface area contributed by atoms with Crippen LogP contribution in [0.1, 0.15) is 17.8 Å². The molecule has 0 bridgehead atoms. The fourth-order valence-corrected chi connectivity index (χ4v) is 2.28. The molecule has 0 N–H and O–H groups in total. The van der Waals surface area contributed by atoms with Crippen LogP contribution in [0.15, 0.2) is 17.0 Å². The van der Waals surface area contributed by atoms with E-state index in [0.717, 1.165) is 12.1 Å². The highest BCUT2D eigenvalue weighted by atomic mass is 35.7. The first-order valence-corrected chi connectivity index (χ1v) is 6.49. The zero-order valence-corrected chi connectivity index (χ0v) is 9.45. The zero-order chi connectivity index (χ0) is 11.6. The third kappa shape index (κ3) is 2.99. The van der Waals surface area contributed by atoms with Crippen LogP contribution in [0.4, 0.5) is 8.78 Å². The molecule has 0 saturated carbocycles. The van der Waals surface area contributed by atoms with Gasteiger partial charge in [-0.2, -0.15) is 0 Å². The van der Waals surface area contributed by atoms with Crippen molar-refractivity contribution < 1.29 is 17.2 Å². The summed E-state index contributed by atoms with van der Waals surface area (Å²) in [6.45, 7) is 0. The fraction of sp³-hybridized carbons (Fsp3) is 0.286. The van der Waals surface area contributed by atoms with Crippen molar-refractivity contribution in [3.05, 3.63) is 23.5 Å². The van der Waals surface area contributed by atoms with E-state index in [1.54, 1.807) is 0 Å². The van der Waals surface area contributed by atoms with E-state index in [9.17, 15) is 17.2 Å². The van der Waals surface area contributed by atoms with Crippen LogP contribution < -0.4 is 0 Å². The van der Waals surface area contributed by atoms with Gasteiger partial charge in [0.2, 0.25) is 0 Å². The largest absolute Gasteiger partial charge is 0.280 e. The average molecular weight is 276 g/mol. The number of alkyl halides is 3. The SMILES string of the molecule is O=S(=O)(Cl)c1ccc(C(F)F)nc1CCl. The van der Waals surface area contributed by atoms with Crippen LogP contribution in [0.3, 0.4) is 0 Å². The van der Waals surface area contributed by atoms with Gasteiger partial charge in [-0.1, -0.05) is 0 Å². The Morgan fingerprint density at radius 3 is 2.40 bits per heavy atom. The number of nitrogens with zero attached hydrogens (tertiary/aromatic N) is 1. The number of aromatic nitrogens is 1. The second-order valence-electron chi connectivity index (χ2n) is 2.55. The van der Waals surface area contributed by atoms with Crippen LogP contribution in [0.5, 0.6) is 0 Å². The molecular formula is C7H5Cl2F2NO2S. The van der Waals surface area contributed by atoms with Gasteiger partial charge in [0.25, 0.3) is 15.5 Å². The van der Waals surface area contributed by atoms with Crippen molar-refractivity contribution in [2.75, 3.05) is 0 Å². The van der Waals surface area contributed by atoms with Crippen molar-refractivity contribution in [2.45, 2.75) is 17.2 Å². The van der Waals surface area contributed by atoms with Gasteiger partial charge in [0.15, 0.2) is 0 Å². The lowest BCUT2D eigenvalue weighted by molar-refractivity contribution is 0.145. The number of hydrogen-bond donors (Lipinski definition) is 0. The van der Waals surface area contributed by atoms with Gasteiger partial charge in [-0.05, 0) is 12.1 Å². The van der Waals surface area contributed by atoms with Crippen LogP contribution in [0.2, 0.25) is 0 Å². The first-order valence-electron chi connectivity index (χ1n) is 3.65. The van der Waals surface area contributed by atoms with Gasteiger partial charge < -0.3 is 0 Å². The maximum atomic E-state index is 12.2. The molecule has 15 heavy (non-hydrogen) atoms. The molecule has 0 atom stereocenters. The van der Waals surface area contributed by atoms with Gasteiger partial charge in [-0.3, -0.25) is 0 Å². The summed E-state index contributed by atoms with van der Waals surface area (Å²) < 4.78 is 46.4. The molecule has 0 fully saturated rings. The van der Waals surface area contributed by atoms with E-state index < -0.39 is 21.2 Å². The Hall–Kier alpha value is -0.460. The highest BCUT2D eigenvalue weighted by Gasteiger charge is 2.19. The van der Waals surface area contributed by atoms with Crippen molar-refractivity contribution in [1.82, 2.24) is 4.98 Å². The molecule has 0 radical (unpaired) electrons. The minimum atomic E-state index is -4.01. The summed E-state index contributed by atoms with van der Waals surface area (Å²) >= 11 is 5.38. The minimum Gasteiger partial charge on any atom is -0.249 e. The molecule has 0 unspecified atom stereocenters. The van der Waals surface area contributed by atoms with E-state index in [1.807, 2.05) is 0 Å². The number of halogens is 4. The van der Waals surface area contributed by atoms with Crippen LogP contribution in [-0.2, 0) is 14.9 Å². The van der Waals surface area contributed by atoms with Gasteiger partial charge >= 0.3 is 0 Å². The van der Waals surface area contributed by atoms with E-state index in [0.29, 0.717) is 0 Å². The second-order valence-corrected chi connectivity index (χ2v) is 5.35. The maximum absolute atomic E-state index is 12.2. The molecule has 0 aliphatic heterocycles. The van der Waals surface area contributed by atoms with E-state index in [4.69, 9.17) is 22.3 Å². The predicted octanol–water partition coefficient (Wildman–Crippen LogP) is 2.69. The number of rotatable bonds is 3. The summed E-state index contributed by atoms with van der Waals surface area (Å²) in [7, 11) is 1.05. The topological polar surface area (TPSA) is 47.0 Å². The lowest BCUT2D eigenvalue weighted by Crippen LogP contribution is -2.02. The number of hydrogen-bond acceptors (Lipinski definition) is 3. The minimum absolute atomic E-state index is 0.176. The van der Waals surface area contributed by atoms with E-state index in [-0.39, 0.29) is 16.5 Å². The molecule has 3 nitrogen and oxygen atoms in total. The molecular weight excluding hydrogens is 271 g/mol. The second kappa shape index (κ2) is 4.59. The Balaban J connectivity index is 3.34. The van der Waals surface area contributed by atoms with E-state index >= 15 is 0 Å². The zero-order valence-electron chi connectivity index (χ0n) is 7.12. The molecule has 1 rings (SSSR count). The fourth-order valence-electron chi connectivity index (χ4n) is 0.945.